The maximum Gasteiger partial charge on any atom is 0.182 e. The summed E-state index contributed by atoms with van der Waals surface area (Å²) >= 11 is 0. The second-order valence-electron chi connectivity index (χ2n) is 6.82. The highest BCUT2D eigenvalue weighted by Gasteiger charge is 2.24. The number of ketones is 1. The molecule has 0 aliphatic carbocycles. The van der Waals surface area contributed by atoms with Gasteiger partial charge in [0.15, 0.2) is 17.3 Å². The number of fused-ring (bicyclic) bond motifs is 1. The van der Waals surface area contributed by atoms with Crippen LogP contribution in [0.1, 0.15) is 28.5 Å². The van der Waals surface area contributed by atoms with Gasteiger partial charge in [0.05, 0.1) is 20.3 Å². The van der Waals surface area contributed by atoms with Crippen molar-refractivity contribution in [1.29, 1.82) is 0 Å². The van der Waals surface area contributed by atoms with Crippen molar-refractivity contribution in [1.82, 2.24) is 9.88 Å². The van der Waals surface area contributed by atoms with E-state index in [1.807, 2.05) is 68.3 Å². The number of aryl methyl sites for hydroxylation is 1. The molecule has 0 bridgehead atoms. The number of likely N-dealkylation sites (N-methyl/N-ethyl adjacent to an activating group) is 1. The number of aromatic nitrogens is 1. The molecule has 3 rings (SSSR count). The van der Waals surface area contributed by atoms with Crippen molar-refractivity contribution in [3.8, 4) is 11.5 Å². The van der Waals surface area contributed by atoms with Gasteiger partial charge in [-0.25, -0.2) is 0 Å². The summed E-state index contributed by atoms with van der Waals surface area (Å²) in [5.74, 6) is 1.50. The molecule has 142 valence electrons. The fraction of sp³-hybridized carbons (Fsp3) is 0.318. The van der Waals surface area contributed by atoms with Crippen molar-refractivity contribution in [3.63, 3.8) is 0 Å². The van der Waals surface area contributed by atoms with E-state index in [0.717, 1.165) is 27.7 Å². The molecule has 0 unspecified atom stereocenters. The van der Waals surface area contributed by atoms with Gasteiger partial charge >= 0.3 is 0 Å². The van der Waals surface area contributed by atoms with Crippen LogP contribution in [0.3, 0.4) is 0 Å². The van der Waals surface area contributed by atoms with Crippen molar-refractivity contribution < 1.29 is 14.3 Å². The summed E-state index contributed by atoms with van der Waals surface area (Å²) in [6, 6.07) is 13.5. The molecule has 0 radical (unpaired) electrons. The number of carbonyl (C=O) groups is 1. The number of H-pyrrole nitrogens is 1. The van der Waals surface area contributed by atoms with Gasteiger partial charge in [-0.15, -0.1) is 0 Å². The number of Topliss-reactive ketones (excluding diaryl/α,β-unsaturated/α-hetero) is 1. The predicted octanol–water partition coefficient (Wildman–Crippen LogP) is 4.20. The van der Waals surface area contributed by atoms with Crippen LogP contribution in [0.2, 0.25) is 0 Å². The summed E-state index contributed by atoms with van der Waals surface area (Å²) in [4.78, 5) is 18.5. The Morgan fingerprint density at radius 1 is 1.11 bits per heavy atom. The first kappa shape index (κ1) is 19.0. The molecular formula is C22H26N2O3. The lowest BCUT2D eigenvalue weighted by atomic mass is 10.0. The van der Waals surface area contributed by atoms with Gasteiger partial charge in [-0.2, -0.15) is 0 Å². The Kier molecular flexibility index (Phi) is 5.51. The molecule has 0 aliphatic heterocycles. The number of hydrogen-bond donors (Lipinski definition) is 1. The molecule has 5 nitrogen and oxygen atoms in total. The highest BCUT2D eigenvalue weighted by atomic mass is 16.5. The topological polar surface area (TPSA) is 54.6 Å². The Morgan fingerprint density at radius 3 is 2.52 bits per heavy atom. The van der Waals surface area contributed by atoms with Gasteiger partial charge in [0, 0.05) is 28.7 Å². The summed E-state index contributed by atoms with van der Waals surface area (Å²) < 4.78 is 10.7. The molecule has 1 N–H and O–H groups in total. The summed E-state index contributed by atoms with van der Waals surface area (Å²) in [5, 5.41) is 0.978. The maximum absolute atomic E-state index is 13.2. The zero-order chi connectivity index (χ0) is 19.6. The number of benzene rings is 2. The Bertz CT molecular complexity index is 961. The van der Waals surface area contributed by atoms with E-state index in [0.29, 0.717) is 18.0 Å². The molecule has 1 heterocycles. The summed E-state index contributed by atoms with van der Waals surface area (Å²) in [6.45, 7) is 4.53. The highest BCUT2D eigenvalue weighted by Crippen LogP contribution is 2.29. The molecule has 1 aromatic heterocycles. The van der Waals surface area contributed by atoms with Crippen LogP contribution in [0.5, 0.6) is 11.5 Å². The third-order valence-electron chi connectivity index (χ3n) is 5.06. The Balaban J connectivity index is 1.81. The summed E-state index contributed by atoms with van der Waals surface area (Å²) in [5.41, 5.74) is 3.74. The van der Waals surface area contributed by atoms with E-state index < -0.39 is 0 Å². The van der Waals surface area contributed by atoms with Crippen molar-refractivity contribution in [3.05, 3.63) is 59.3 Å². The van der Waals surface area contributed by atoms with E-state index in [4.69, 9.17) is 9.47 Å². The lowest BCUT2D eigenvalue weighted by molar-refractivity contribution is 0.0863. The summed E-state index contributed by atoms with van der Waals surface area (Å²) in [7, 11) is 5.20. The first-order valence-corrected chi connectivity index (χ1v) is 8.99. The average Bonchev–Trinajstić information content (AvgIpc) is 3.02. The van der Waals surface area contributed by atoms with Crippen molar-refractivity contribution in [2.75, 3.05) is 21.3 Å². The molecule has 0 aliphatic rings. The molecule has 0 spiro atoms. The van der Waals surface area contributed by atoms with Gasteiger partial charge in [-0.05, 0) is 44.7 Å². The smallest absolute Gasteiger partial charge is 0.182 e. The molecule has 2 aromatic carbocycles. The second kappa shape index (κ2) is 7.84. The lowest BCUT2D eigenvalue weighted by Crippen LogP contribution is -2.35. The van der Waals surface area contributed by atoms with Crippen molar-refractivity contribution in [2.24, 2.45) is 0 Å². The molecule has 0 saturated heterocycles. The monoisotopic (exact) mass is 366 g/mol. The molecule has 5 heteroatoms. The number of nitrogens with one attached hydrogen (secondary N) is 1. The van der Waals surface area contributed by atoms with Crippen LogP contribution in [0.15, 0.2) is 42.5 Å². The van der Waals surface area contributed by atoms with Crippen LogP contribution in [0.25, 0.3) is 10.9 Å². The zero-order valence-corrected chi connectivity index (χ0v) is 16.5. The van der Waals surface area contributed by atoms with Crippen LogP contribution >= 0.6 is 0 Å². The Hall–Kier alpha value is -2.79. The molecule has 0 amide bonds. The SMILES string of the molecule is COc1ccc(CN(C)[C@@H](C)C(=O)c2c(C)[nH]c3ccccc23)cc1OC. The lowest BCUT2D eigenvalue weighted by Gasteiger charge is -2.24. The molecular weight excluding hydrogens is 340 g/mol. The summed E-state index contributed by atoms with van der Waals surface area (Å²) in [6.07, 6.45) is 0. The van der Waals surface area contributed by atoms with Gasteiger partial charge in [-0.1, -0.05) is 24.3 Å². The quantitative estimate of drug-likeness (QED) is 0.637. The van der Waals surface area contributed by atoms with Crippen molar-refractivity contribution >= 4 is 16.7 Å². The fourth-order valence-electron chi connectivity index (χ4n) is 3.41. The highest BCUT2D eigenvalue weighted by molar-refractivity contribution is 6.11. The van der Waals surface area contributed by atoms with Gasteiger partial charge in [0.25, 0.3) is 0 Å². The number of nitrogens with zero attached hydrogens (tertiary/aromatic N) is 1. The maximum atomic E-state index is 13.2. The number of rotatable bonds is 7. The fourth-order valence-corrected chi connectivity index (χ4v) is 3.41. The van der Waals surface area contributed by atoms with E-state index >= 15 is 0 Å². The van der Waals surface area contributed by atoms with Gasteiger partial charge in [0.2, 0.25) is 0 Å². The number of hydrogen-bond acceptors (Lipinski definition) is 4. The van der Waals surface area contributed by atoms with Gasteiger partial charge in [0.1, 0.15) is 0 Å². The Labute approximate surface area is 159 Å². The van der Waals surface area contributed by atoms with Crippen LogP contribution in [-0.4, -0.2) is 43.0 Å². The van der Waals surface area contributed by atoms with Crippen LogP contribution in [-0.2, 0) is 6.54 Å². The third kappa shape index (κ3) is 3.69. The van der Waals surface area contributed by atoms with Crippen LogP contribution in [0, 0.1) is 6.92 Å². The zero-order valence-electron chi connectivity index (χ0n) is 16.5. The van der Waals surface area contributed by atoms with E-state index in [9.17, 15) is 4.79 Å². The normalized spacial score (nSPS) is 12.4. The molecule has 0 fully saturated rings. The standard InChI is InChI=1S/C22H26N2O3/c1-14-21(17-8-6-7-9-18(17)23-14)22(25)15(2)24(3)13-16-10-11-19(26-4)20(12-16)27-5/h6-12,15,23H,13H2,1-5H3/t15-/m0/s1. The molecule has 1 atom stereocenters. The second-order valence-corrected chi connectivity index (χ2v) is 6.82. The molecule has 27 heavy (non-hydrogen) atoms. The number of para-hydroxylation sites is 1. The van der Waals surface area contributed by atoms with Crippen LogP contribution in [0.4, 0.5) is 0 Å². The molecule has 0 saturated carbocycles. The minimum absolute atomic E-state index is 0.118. The first-order valence-electron chi connectivity index (χ1n) is 8.99. The van der Waals surface area contributed by atoms with Gasteiger partial charge in [-0.3, -0.25) is 9.69 Å². The minimum atomic E-state index is -0.254. The Morgan fingerprint density at radius 2 is 1.81 bits per heavy atom. The van der Waals surface area contributed by atoms with Gasteiger partial charge < -0.3 is 14.5 Å². The molecule has 3 aromatic rings. The minimum Gasteiger partial charge on any atom is -0.493 e. The average molecular weight is 366 g/mol. The van der Waals surface area contributed by atoms with Crippen molar-refractivity contribution in [2.45, 2.75) is 26.4 Å². The number of carbonyl (C=O) groups excluding carboxylic acids is 1. The van der Waals surface area contributed by atoms with Crippen LogP contribution < -0.4 is 9.47 Å². The van der Waals surface area contributed by atoms with E-state index in [2.05, 4.69) is 4.98 Å². The van der Waals surface area contributed by atoms with E-state index in [-0.39, 0.29) is 11.8 Å². The van der Waals surface area contributed by atoms with E-state index in [1.165, 1.54) is 0 Å². The number of methoxy groups -OCH3 is 2. The number of ether oxygens (including phenoxy) is 2. The predicted molar refractivity (Wildman–Crippen MR) is 108 cm³/mol. The first-order chi connectivity index (χ1) is 13.0. The van der Waals surface area contributed by atoms with E-state index in [1.54, 1.807) is 14.2 Å². The number of aromatic amines is 1. The largest absolute Gasteiger partial charge is 0.493 e. The third-order valence-corrected chi connectivity index (χ3v) is 5.06.